The number of hydrogen-bond acceptors (Lipinski definition) is 2. The highest BCUT2D eigenvalue weighted by Crippen LogP contribution is 2.39. The first-order valence-electron chi connectivity index (χ1n) is 12.1. The van der Waals surface area contributed by atoms with Gasteiger partial charge in [-0.15, -0.1) is 0 Å². The SMILES string of the molecule is Cc1ccc(-c2c(C)c3c(c(C)c2CC(=O)O)CCN(C2CCCCCCC2)C3)cc1. The van der Waals surface area contributed by atoms with E-state index >= 15 is 0 Å². The molecule has 2 aliphatic rings. The smallest absolute Gasteiger partial charge is 0.307 e. The molecule has 0 bridgehead atoms. The predicted octanol–water partition coefficient (Wildman–Crippen LogP) is 6.38. The maximum Gasteiger partial charge on any atom is 0.307 e. The van der Waals surface area contributed by atoms with Gasteiger partial charge in [-0.05, 0) is 79.0 Å². The monoisotopic (exact) mass is 419 g/mol. The molecule has 0 unspecified atom stereocenters. The highest BCUT2D eigenvalue weighted by Gasteiger charge is 2.29. The predicted molar refractivity (Wildman–Crippen MR) is 128 cm³/mol. The Bertz CT molecular complexity index is 937. The Morgan fingerprint density at radius 2 is 1.58 bits per heavy atom. The van der Waals surface area contributed by atoms with Crippen molar-refractivity contribution < 1.29 is 9.90 Å². The maximum absolute atomic E-state index is 11.7. The second-order valence-electron chi connectivity index (χ2n) is 9.72. The van der Waals surface area contributed by atoms with Gasteiger partial charge in [-0.3, -0.25) is 9.69 Å². The van der Waals surface area contributed by atoms with Crippen molar-refractivity contribution in [3.05, 3.63) is 57.6 Å². The van der Waals surface area contributed by atoms with Crippen molar-refractivity contribution in [2.45, 2.75) is 91.1 Å². The molecule has 0 aromatic heterocycles. The molecule has 166 valence electrons. The van der Waals surface area contributed by atoms with Crippen LogP contribution in [0.3, 0.4) is 0 Å². The molecule has 31 heavy (non-hydrogen) atoms. The minimum Gasteiger partial charge on any atom is -0.481 e. The lowest BCUT2D eigenvalue weighted by Gasteiger charge is -2.39. The summed E-state index contributed by atoms with van der Waals surface area (Å²) in [6.45, 7) is 8.59. The van der Waals surface area contributed by atoms with E-state index in [0.29, 0.717) is 6.04 Å². The van der Waals surface area contributed by atoms with Crippen LogP contribution in [0.1, 0.15) is 78.3 Å². The zero-order valence-electron chi connectivity index (χ0n) is 19.5. The van der Waals surface area contributed by atoms with Crippen LogP contribution in [0.25, 0.3) is 11.1 Å². The number of carbonyl (C=O) groups is 1. The molecule has 1 aliphatic carbocycles. The molecule has 0 amide bonds. The molecule has 3 nitrogen and oxygen atoms in total. The van der Waals surface area contributed by atoms with Crippen LogP contribution in [-0.4, -0.2) is 28.6 Å². The van der Waals surface area contributed by atoms with E-state index in [1.54, 1.807) is 0 Å². The Morgan fingerprint density at radius 1 is 0.935 bits per heavy atom. The summed E-state index contributed by atoms with van der Waals surface area (Å²) < 4.78 is 0. The van der Waals surface area contributed by atoms with Gasteiger partial charge in [0.15, 0.2) is 0 Å². The summed E-state index contributed by atoms with van der Waals surface area (Å²) in [6, 6.07) is 9.29. The lowest BCUT2D eigenvalue weighted by Crippen LogP contribution is -2.40. The van der Waals surface area contributed by atoms with Crippen LogP contribution in [0.4, 0.5) is 0 Å². The van der Waals surface area contributed by atoms with Crippen molar-refractivity contribution in [2.75, 3.05) is 6.54 Å². The molecule has 1 heterocycles. The van der Waals surface area contributed by atoms with E-state index in [0.717, 1.165) is 36.2 Å². The summed E-state index contributed by atoms with van der Waals surface area (Å²) in [7, 11) is 0. The largest absolute Gasteiger partial charge is 0.481 e. The number of hydrogen-bond donors (Lipinski definition) is 1. The van der Waals surface area contributed by atoms with Crippen molar-refractivity contribution in [3.8, 4) is 11.1 Å². The Morgan fingerprint density at radius 3 is 2.23 bits per heavy atom. The van der Waals surface area contributed by atoms with Crippen molar-refractivity contribution >= 4 is 5.97 Å². The first-order chi connectivity index (χ1) is 15.0. The van der Waals surface area contributed by atoms with Gasteiger partial charge in [-0.1, -0.05) is 61.9 Å². The number of aryl methyl sites for hydroxylation is 1. The van der Waals surface area contributed by atoms with Gasteiger partial charge in [0.1, 0.15) is 0 Å². The van der Waals surface area contributed by atoms with E-state index in [2.05, 4.69) is 49.9 Å². The number of aliphatic carboxylic acids is 1. The van der Waals surface area contributed by atoms with E-state index in [9.17, 15) is 9.90 Å². The normalized spacial score (nSPS) is 18.3. The van der Waals surface area contributed by atoms with Crippen LogP contribution < -0.4 is 0 Å². The van der Waals surface area contributed by atoms with Crippen molar-refractivity contribution in [2.24, 2.45) is 0 Å². The average Bonchev–Trinajstić information content (AvgIpc) is 2.72. The van der Waals surface area contributed by atoms with E-state index < -0.39 is 5.97 Å². The summed E-state index contributed by atoms with van der Waals surface area (Å²) in [5.74, 6) is -0.747. The number of fused-ring (bicyclic) bond motifs is 1. The van der Waals surface area contributed by atoms with Crippen LogP contribution >= 0.6 is 0 Å². The quantitative estimate of drug-likeness (QED) is 0.625. The molecule has 4 rings (SSSR count). The van der Waals surface area contributed by atoms with Gasteiger partial charge in [0.25, 0.3) is 0 Å². The first-order valence-corrected chi connectivity index (χ1v) is 12.1. The molecule has 1 aliphatic heterocycles. The fourth-order valence-electron chi connectivity index (χ4n) is 5.88. The van der Waals surface area contributed by atoms with Gasteiger partial charge in [0.2, 0.25) is 0 Å². The summed E-state index contributed by atoms with van der Waals surface area (Å²) >= 11 is 0. The fraction of sp³-hybridized carbons (Fsp3) is 0.536. The molecule has 2 aromatic carbocycles. The topological polar surface area (TPSA) is 40.5 Å². The lowest BCUT2D eigenvalue weighted by atomic mass is 9.80. The molecule has 0 atom stereocenters. The zero-order chi connectivity index (χ0) is 22.0. The summed E-state index contributed by atoms with van der Waals surface area (Å²) in [5.41, 5.74) is 9.89. The Hall–Kier alpha value is -2.13. The highest BCUT2D eigenvalue weighted by molar-refractivity contribution is 5.81. The molecule has 1 fully saturated rings. The summed E-state index contributed by atoms with van der Waals surface area (Å²) in [5, 5.41) is 9.66. The minimum absolute atomic E-state index is 0.0928. The van der Waals surface area contributed by atoms with Gasteiger partial charge >= 0.3 is 5.97 Å². The molecule has 1 saturated carbocycles. The maximum atomic E-state index is 11.7. The van der Waals surface area contributed by atoms with Gasteiger partial charge in [-0.2, -0.15) is 0 Å². The van der Waals surface area contributed by atoms with Crippen molar-refractivity contribution in [1.29, 1.82) is 0 Å². The summed E-state index contributed by atoms with van der Waals surface area (Å²) in [4.78, 5) is 14.5. The molecule has 3 heteroatoms. The third-order valence-corrected chi connectivity index (χ3v) is 7.67. The van der Waals surface area contributed by atoms with Gasteiger partial charge < -0.3 is 5.11 Å². The second kappa shape index (κ2) is 9.56. The average molecular weight is 420 g/mol. The van der Waals surface area contributed by atoms with E-state index in [1.165, 1.54) is 72.8 Å². The van der Waals surface area contributed by atoms with E-state index in [-0.39, 0.29) is 6.42 Å². The van der Waals surface area contributed by atoms with Crippen LogP contribution in [0.2, 0.25) is 0 Å². The molecule has 1 N–H and O–H groups in total. The Kier molecular flexibility index (Phi) is 6.81. The third-order valence-electron chi connectivity index (χ3n) is 7.67. The fourth-order valence-corrected chi connectivity index (χ4v) is 5.88. The number of benzene rings is 2. The third kappa shape index (κ3) is 4.72. The number of carboxylic acids is 1. The van der Waals surface area contributed by atoms with Crippen LogP contribution in [0.5, 0.6) is 0 Å². The van der Waals surface area contributed by atoms with Crippen molar-refractivity contribution in [3.63, 3.8) is 0 Å². The molecular weight excluding hydrogens is 382 g/mol. The van der Waals surface area contributed by atoms with Crippen molar-refractivity contribution in [1.82, 2.24) is 4.90 Å². The molecule has 0 radical (unpaired) electrons. The second-order valence-corrected chi connectivity index (χ2v) is 9.72. The standard InChI is InChI=1S/C28H37NO2/c1-19-11-13-22(14-12-19)28-21(3)26-18-29(23-9-7-5-4-6-8-10-23)16-15-24(26)20(2)25(28)17-27(30)31/h11-14,23H,4-10,15-18H2,1-3H3,(H,30,31). The van der Waals surface area contributed by atoms with Gasteiger partial charge in [0.05, 0.1) is 6.42 Å². The van der Waals surface area contributed by atoms with Crippen LogP contribution in [0.15, 0.2) is 24.3 Å². The van der Waals surface area contributed by atoms with Crippen LogP contribution in [0, 0.1) is 20.8 Å². The first kappa shape index (κ1) is 22.1. The van der Waals surface area contributed by atoms with Crippen LogP contribution in [-0.2, 0) is 24.2 Å². The Balaban J connectivity index is 1.75. The lowest BCUT2D eigenvalue weighted by molar-refractivity contribution is -0.136. The molecule has 0 spiro atoms. The van der Waals surface area contributed by atoms with Gasteiger partial charge in [-0.25, -0.2) is 0 Å². The molecule has 0 saturated heterocycles. The van der Waals surface area contributed by atoms with E-state index in [1.807, 2.05) is 0 Å². The Labute approximate surface area is 187 Å². The highest BCUT2D eigenvalue weighted by atomic mass is 16.4. The number of carboxylic acid groups (broad SMARTS) is 1. The summed E-state index contributed by atoms with van der Waals surface area (Å²) in [6.07, 6.45) is 10.7. The van der Waals surface area contributed by atoms with E-state index in [4.69, 9.17) is 0 Å². The number of nitrogens with zero attached hydrogens (tertiary/aromatic N) is 1. The zero-order valence-corrected chi connectivity index (χ0v) is 19.5. The number of rotatable bonds is 4. The minimum atomic E-state index is -0.747. The molecule has 2 aromatic rings. The molecular formula is C28H37NO2. The van der Waals surface area contributed by atoms with Gasteiger partial charge in [0, 0.05) is 19.1 Å².